The minimum absolute atomic E-state index is 0.0379. The lowest BCUT2D eigenvalue weighted by molar-refractivity contribution is 0.0972. The molecule has 1 N–H and O–H groups in total. The molecular formula is C23H22N2O. The second kappa shape index (κ2) is 6.68. The lowest BCUT2D eigenvalue weighted by Crippen LogP contribution is -2.51. The van der Waals surface area contributed by atoms with E-state index in [-0.39, 0.29) is 18.0 Å². The zero-order valence-corrected chi connectivity index (χ0v) is 15.0. The molecule has 0 aliphatic carbocycles. The van der Waals surface area contributed by atoms with Crippen LogP contribution < -0.4 is 10.2 Å². The Bertz CT molecular complexity index is 918. The summed E-state index contributed by atoms with van der Waals surface area (Å²) in [6.07, 6.45) is -0.150. The van der Waals surface area contributed by atoms with E-state index >= 15 is 0 Å². The van der Waals surface area contributed by atoms with E-state index in [4.69, 9.17) is 0 Å². The number of nitrogens with zero attached hydrogens (tertiary/aromatic N) is 1. The summed E-state index contributed by atoms with van der Waals surface area (Å²) < 4.78 is 0. The number of hydrogen-bond acceptors (Lipinski definition) is 2. The van der Waals surface area contributed by atoms with E-state index in [2.05, 4.69) is 31.3 Å². The van der Waals surface area contributed by atoms with Gasteiger partial charge in [-0.3, -0.25) is 9.69 Å². The predicted molar refractivity (Wildman–Crippen MR) is 107 cm³/mol. The summed E-state index contributed by atoms with van der Waals surface area (Å²) in [5.74, 6) is 0.172. The first-order chi connectivity index (χ1) is 12.6. The number of carbonyl (C=O) groups excluding carboxylic acids is 1. The van der Waals surface area contributed by atoms with Crippen LogP contribution in [0.15, 0.2) is 78.9 Å². The third-order valence-corrected chi connectivity index (χ3v) is 5.07. The van der Waals surface area contributed by atoms with Crippen molar-refractivity contribution in [2.24, 2.45) is 0 Å². The summed E-state index contributed by atoms with van der Waals surface area (Å²) in [6.45, 7) is 4.22. The molecule has 3 nitrogen and oxygen atoms in total. The van der Waals surface area contributed by atoms with Crippen LogP contribution in [-0.2, 0) is 0 Å². The van der Waals surface area contributed by atoms with Crippen LogP contribution in [0.25, 0.3) is 0 Å². The fourth-order valence-electron chi connectivity index (χ4n) is 3.55. The summed E-state index contributed by atoms with van der Waals surface area (Å²) in [4.78, 5) is 15.2. The first kappa shape index (κ1) is 16.4. The maximum absolute atomic E-state index is 13.3. The normalized spacial score (nSPS) is 17.4. The Kier molecular flexibility index (Phi) is 4.21. The Labute approximate surface area is 154 Å². The van der Waals surface area contributed by atoms with Gasteiger partial charge in [0.1, 0.15) is 6.17 Å². The smallest absolute Gasteiger partial charge is 0.262 e. The first-order valence-corrected chi connectivity index (χ1v) is 8.96. The van der Waals surface area contributed by atoms with Crippen molar-refractivity contribution in [3.63, 3.8) is 0 Å². The number of amides is 1. The fourth-order valence-corrected chi connectivity index (χ4v) is 3.55. The molecule has 0 radical (unpaired) electrons. The lowest BCUT2D eigenvalue weighted by atomic mass is 9.93. The number of benzene rings is 3. The zero-order valence-electron chi connectivity index (χ0n) is 15.0. The lowest BCUT2D eigenvalue weighted by Gasteiger charge is -2.41. The van der Waals surface area contributed by atoms with E-state index in [1.165, 1.54) is 11.1 Å². The van der Waals surface area contributed by atoms with Gasteiger partial charge in [-0.25, -0.2) is 0 Å². The Morgan fingerprint density at radius 2 is 1.54 bits per heavy atom. The quantitative estimate of drug-likeness (QED) is 0.710. The highest BCUT2D eigenvalue weighted by molar-refractivity contribution is 6.12. The average Bonchev–Trinajstić information content (AvgIpc) is 2.69. The molecule has 1 aliphatic heterocycles. The van der Waals surface area contributed by atoms with Crippen molar-refractivity contribution in [3.8, 4) is 0 Å². The van der Waals surface area contributed by atoms with E-state index in [9.17, 15) is 4.79 Å². The van der Waals surface area contributed by atoms with E-state index in [0.717, 1.165) is 11.4 Å². The van der Waals surface area contributed by atoms with Gasteiger partial charge < -0.3 is 5.32 Å². The summed E-state index contributed by atoms with van der Waals surface area (Å²) in [7, 11) is 0. The number of anilines is 2. The van der Waals surface area contributed by atoms with Crippen molar-refractivity contribution in [1.82, 2.24) is 0 Å². The predicted octanol–water partition coefficient (Wildman–Crippen LogP) is 5.20. The van der Waals surface area contributed by atoms with Crippen LogP contribution in [0.3, 0.4) is 0 Å². The molecule has 0 saturated carbocycles. The average molecular weight is 342 g/mol. The molecule has 26 heavy (non-hydrogen) atoms. The maximum atomic E-state index is 13.3. The van der Waals surface area contributed by atoms with E-state index in [1.54, 1.807) is 0 Å². The Morgan fingerprint density at radius 3 is 2.27 bits per heavy atom. The van der Waals surface area contributed by atoms with Gasteiger partial charge in [-0.15, -0.1) is 0 Å². The number of para-hydroxylation sites is 1. The third-order valence-electron chi connectivity index (χ3n) is 5.07. The van der Waals surface area contributed by atoms with Crippen molar-refractivity contribution < 1.29 is 4.79 Å². The first-order valence-electron chi connectivity index (χ1n) is 8.96. The molecule has 2 unspecified atom stereocenters. The number of carbonyl (C=O) groups is 1. The highest BCUT2D eigenvalue weighted by Crippen LogP contribution is 2.35. The number of nitrogens with one attached hydrogen (secondary N) is 1. The third kappa shape index (κ3) is 2.86. The van der Waals surface area contributed by atoms with Gasteiger partial charge in [0.25, 0.3) is 5.91 Å². The van der Waals surface area contributed by atoms with Crippen LogP contribution in [0, 0.1) is 6.92 Å². The van der Waals surface area contributed by atoms with Gasteiger partial charge in [-0.2, -0.15) is 0 Å². The monoisotopic (exact) mass is 342 g/mol. The van der Waals surface area contributed by atoms with Gasteiger partial charge in [0.2, 0.25) is 0 Å². The van der Waals surface area contributed by atoms with Gasteiger partial charge in [-0.1, -0.05) is 67.1 Å². The van der Waals surface area contributed by atoms with E-state index in [1.807, 2.05) is 71.6 Å². The van der Waals surface area contributed by atoms with Crippen molar-refractivity contribution in [3.05, 3.63) is 95.6 Å². The zero-order chi connectivity index (χ0) is 18.1. The fraction of sp³-hybridized carbons (Fsp3) is 0.174. The molecule has 0 aromatic heterocycles. The topological polar surface area (TPSA) is 32.3 Å². The number of rotatable bonds is 3. The minimum Gasteiger partial charge on any atom is -0.364 e. The summed E-state index contributed by atoms with van der Waals surface area (Å²) >= 11 is 0. The van der Waals surface area contributed by atoms with Gasteiger partial charge in [0, 0.05) is 17.3 Å². The molecule has 2 atom stereocenters. The van der Waals surface area contributed by atoms with Gasteiger partial charge in [0.05, 0.1) is 5.56 Å². The SMILES string of the molecule is Cc1ccc(N2C(=O)c3ccccc3NC2C(C)c2ccccc2)cc1. The molecule has 3 aromatic rings. The van der Waals surface area contributed by atoms with Crippen LogP contribution >= 0.6 is 0 Å². The van der Waals surface area contributed by atoms with E-state index < -0.39 is 0 Å². The highest BCUT2D eigenvalue weighted by Gasteiger charge is 2.36. The second-order valence-electron chi connectivity index (χ2n) is 6.84. The Balaban J connectivity index is 1.81. The van der Waals surface area contributed by atoms with Crippen molar-refractivity contribution >= 4 is 17.3 Å². The molecule has 0 saturated heterocycles. The molecule has 1 amide bonds. The molecule has 3 aromatic carbocycles. The summed E-state index contributed by atoms with van der Waals surface area (Å²) in [5, 5.41) is 3.59. The number of aryl methyl sites for hydroxylation is 1. The van der Waals surface area contributed by atoms with Crippen molar-refractivity contribution in [1.29, 1.82) is 0 Å². The molecule has 1 aliphatic rings. The minimum atomic E-state index is -0.150. The van der Waals surface area contributed by atoms with Crippen LogP contribution in [-0.4, -0.2) is 12.1 Å². The molecule has 0 bridgehead atoms. The molecule has 0 spiro atoms. The Morgan fingerprint density at radius 1 is 0.885 bits per heavy atom. The number of fused-ring (bicyclic) bond motifs is 1. The van der Waals surface area contributed by atoms with Crippen LogP contribution in [0.4, 0.5) is 11.4 Å². The van der Waals surface area contributed by atoms with Gasteiger partial charge >= 0.3 is 0 Å². The summed E-state index contributed by atoms with van der Waals surface area (Å²) in [5.41, 5.74) is 4.90. The second-order valence-corrected chi connectivity index (χ2v) is 6.84. The van der Waals surface area contributed by atoms with Crippen LogP contribution in [0.2, 0.25) is 0 Å². The molecule has 1 heterocycles. The van der Waals surface area contributed by atoms with Gasteiger partial charge in [-0.05, 0) is 36.8 Å². The molecule has 0 fully saturated rings. The largest absolute Gasteiger partial charge is 0.364 e. The van der Waals surface area contributed by atoms with Crippen molar-refractivity contribution in [2.45, 2.75) is 25.9 Å². The standard InChI is InChI=1S/C23H22N2O/c1-16-12-14-19(15-13-16)25-22(17(2)18-8-4-3-5-9-18)24-21-11-7-6-10-20(21)23(25)26/h3-15,17,22,24H,1-2H3. The van der Waals surface area contributed by atoms with Crippen molar-refractivity contribution in [2.75, 3.05) is 10.2 Å². The Hall–Kier alpha value is -3.07. The van der Waals surface area contributed by atoms with Gasteiger partial charge in [0.15, 0.2) is 0 Å². The molecule has 4 rings (SSSR count). The molecular weight excluding hydrogens is 320 g/mol. The molecule has 130 valence electrons. The molecule has 3 heteroatoms. The highest BCUT2D eigenvalue weighted by atomic mass is 16.2. The van der Waals surface area contributed by atoms with E-state index in [0.29, 0.717) is 5.56 Å². The number of hydrogen-bond donors (Lipinski definition) is 1. The van der Waals surface area contributed by atoms with Crippen LogP contribution in [0.1, 0.15) is 34.3 Å². The van der Waals surface area contributed by atoms with Crippen LogP contribution in [0.5, 0.6) is 0 Å². The maximum Gasteiger partial charge on any atom is 0.262 e. The summed E-state index contributed by atoms with van der Waals surface area (Å²) in [6, 6.07) is 26.2.